The van der Waals surface area contributed by atoms with Gasteiger partial charge in [-0.25, -0.2) is 9.78 Å². The number of methoxy groups -OCH3 is 1. The zero-order valence-corrected chi connectivity index (χ0v) is 19.6. The minimum Gasteiger partial charge on any atom is -0.449 e. The molecule has 1 N–H and O–H groups in total. The maximum Gasteiger partial charge on any atom is 0.511 e. The summed E-state index contributed by atoms with van der Waals surface area (Å²) in [4.78, 5) is 15.9. The Morgan fingerprint density at radius 3 is 2.57 bits per heavy atom. The van der Waals surface area contributed by atoms with Gasteiger partial charge in [0.15, 0.2) is 0 Å². The number of benzene rings is 3. The van der Waals surface area contributed by atoms with E-state index in [1.165, 1.54) is 41.1 Å². The second-order valence-electron chi connectivity index (χ2n) is 9.25. The lowest BCUT2D eigenvalue weighted by Gasteiger charge is -2.26. The van der Waals surface area contributed by atoms with Crippen molar-refractivity contribution in [2.45, 2.75) is 32.4 Å². The molecule has 1 aliphatic carbocycles. The molecular formula is C28H27N3O4. The number of para-hydroxylation sites is 1. The fourth-order valence-electron chi connectivity index (χ4n) is 5.23. The monoisotopic (exact) mass is 469 g/mol. The number of carbonyl (C=O) groups is 1. The molecule has 0 atom stereocenters. The summed E-state index contributed by atoms with van der Waals surface area (Å²) in [5.41, 5.74) is 5.12. The van der Waals surface area contributed by atoms with Crippen LogP contribution in [0, 0.1) is 5.92 Å². The molecule has 2 aromatic heterocycles. The maximum absolute atomic E-state index is 11.0. The van der Waals surface area contributed by atoms with Gasteiger partial charge in [-0.3, -0.25) is 0 Å². The highest BCUT2D eigenvalue weighted by Crippen LogP contribution is 2.36. The average Bonchev–Trinajstić information content (AvgIpc) is 3.34. The van der Waals surface area contributed by atoms with Gasteiger partial charge in [0.25, 0.3) is 0 Å². The van der Waals surface area contributed by atoms with Crippen LogP contribution in [0.2, 0.25) is 0 Å². The van der Waals surface area contributed by atoms with Gasteiger partial charge in [0.1, 0.15) is 11.6 Å². The van der Waals surface area contributed by atoms with Crippen LogP contribution in [0.4, 0.5) is 4.79 Å². The minimum atomic E-state index is -1.34. The third-order valence-corrected chi connectivity index (χ3v) is 7.14. The summed E-state index contributed by atoms with van der Waals surface area (Å²) in [5.74, 6) is 1.83. The Morgan fingerprint density at radius 2 is 1.80 bits per heavy atom. The Hall–Kier alpha value is -3.84. The molecule has 0 spiro atoms. The van der Waals surface area contributed by atoms with Crippen molar-refractivity contribution in [2.24, 2.45) is 5.92 Å². The third-order valence-electron chi connectivity index (χ3n) is 7.14. The first-order chi connectivity index (χ1) is 17.1. The predicted molar refractivity (Wildman–Crippen MR) is 136 cm³/mol. The summed E-state index contributed by atoms with van der Waals surface area (Å²) in [7, 11) is 1.68. The van der Waals surface area contributed by atoms with Crippen LogP contribution in [0.15, 0.2) is 60.7 Å². The number of hydrogen-bond donors (Lipinski definition) is 1. The molecule has 1 saturated carbocycles. The summed E-state index contributed by atoms with van der Waals surface area (Å²) in [5, 5.41) is 11.5. The molecule has 3 aromatic carbocycles. The Bertz CT molecular complexity index is 1560. The minimum absolute atomic E-state index is 0.252. The van der Waals surface area contributed by atoms with Crippen LogP contribution >= 0.6 is 0 Å². The topological polar surface area (TPSA) is 78.5 Å². The fourth-order valence-corrected chi connectivity index (χ4v) is 5.23. The van der Waals surface area contributed by atoms with E-state index in [4.69, 9.17) is 19.6 Å². The van der Waals surface area contributed by atoms with Crippen molar-refractivity contribution < 1.29 is 19.4 Å². The second kappa shape index (κ2) is 8.74. The first-order valence-electron chi connectivity index (χ1n) is 12.0. The number of imidazole rings is 1. The van der Waals surface area contributed by atoms with Crippen LogP contribution in [0.3, 0.4) is 0 Å². The highest BCUT2D eigenvalue weighted by atomic mass is 16.7. The average molecular weight is 470 g/mol. The second-order valence-corrected chi connectivity index (χ2v) is 9.25. The molecule has 5 aromatic rings. The van der Waals surface area contributed by atoms with Gasteiger partial charge >= 0.3 is 6.16 Å². The summed E-state index contributed by atoms with van der Waals surface area (Å²) in [6, 6.07) is 20.4. The molecule has 0 radical (unpaired) electrons. The summed E-state index contributed by atoms with van der Waals surface area (Å²) in [6.07, 6.45) is 2.61. The number of ether oxygens (including phenoxy) is 2. The van der Waals surface area contributed by atoms with Crippen LogP contribution in [-0.2, 0) is 17.8 Å². The number of rotatable bonds is 7. The zero-order valence-electron chi connectivity index (χ0n) is 19.6. The van der Waals surface area contributed by atoms with E-state index < -0.39 is 6.16 Å². The van der Waals surface area contributed by atoms with Crippen molar-refractivity contribution in [2.75, 3.05) is 13.7 Å². The quantitative estimate of drug-likeness (QED) is 0.223. The number of hydrogen-bond acceptors (Lipinski definition) is 4. The molecule has 0 amide bonds. The smallest absolute Gasteiger partial charge is 0.449 e. The van der Waals surface area contributed by atoms with E-state index in [2.05, 4.69) is 51.6 Å². The first-order valence-corrected chi connectivity index (χ1v) is 12.0. The predicted octanol–water partition coefficient (Wildman–Crippen LogP) is 6.31. The third kappa shape index (κ3) is 3.82. The van der Waals surface area contributed by atoms with Gasteiger partial charge in [0.2, 0.25) is 0 Å². The standard InChI is InChI=1S/C28H27N3O4/c1-34-14-13-30-26-12-10-20(35-28(32)33)16-23(26)29-27(30)19-9-11-25-22(15-19)21-7-2-3-8-24(21)31(25)17-18-5-4-6-18/h2-3,7-12,15-16,18H,4-6,13-14,17H2,1H3,(H,32,33). The van der Waals surface area contributed by atoms with E-state index in [0.29, 0.717) is 18.7 Å². The lowest BCUT2D eigenvalue weighted by atomic mass is 9.85. The lowest BCUT2D eigenvalue weighted by Crippen LogP contribution is -2.17. The van der Waals surface area contributed by atoms with Crippen molar-refractivity contribution in [3.8, 4) is 17.1 Å². The van der Waals surface area contributed by atoms with Crippen molar-refractivity contribution in [1.29, 1.82) is 0 Å². The normalized spacial score (nSPS) is 14.1. The van der Waals surface area contributed by atoms with Gasteiger partial charge in [-0.2, -0.15) is 0 Å². The van der Waals surface area contributed by atoms with Crippen molar-refractivity contribution in [3.63, 3.8) is 0 Å². The SMILES string of the molecule is COCCn1c(-c2ccc3c(c2)c2ccccc2n3CC2CCC2)nc2cc(OC(=O)O)ccc21. The Labute approximate surface area is 202 Å². The molecular weight excluding hydrogens is 442 g/mol. The summed E-state index contributed by atoms with van der Waals surface area (Å²) >= 11 is 0. The first kappa shape index (κ1) is 21.7. The molecule has 1 fully saturated rings. The van der Waals surface area contributed by atoms with E-state index in [9.17, 15) is 4.79 Å². The van der Waals surface area contributed by atoms with Gasteiger partial charge in [-0.1, -0.05) is 24.6 Å². The highest BCUT2D eigenvalue weighted by molar-refractivity contribution is 6.09. The van der Waals surface area contributed by atoms with Crippen LogP contribution in [0.25, 0.3) is 44.2 Å². The Kier molecular flexibility index (Phi) is 5.41. The molecule has 7 heteroatoms. The van der Waals surface area contributed by atoms with Crippen LogP contribution in [0.1, 0.15) is 19.3 Å². The molecule has 6 rings (SSSR count). The van der Waals surface area contributed by atoms with Gasteiger partial charge in [-0.15, -0.1) is 0 Å². The number of nitrogens with zero attached hydrogens (tertiary/aromatic N) is 3. The summed E-state index contributed by atoms with van der Waals surface area (Å²) in [6.45, 7) is 2.22. The van der Waals surface area contributed by atoms with Crippen molar-refractivity contribution in [3.05, 3.63) is 60.7 Å². The van der Waals surface area contributed by atoms with Gasteiger partial charge in [0, 0.05) is 53.6 Å². The molecule has 0 unspecified atom stereocenters. The molecule has 1 aliphatic rings. The van der Waals surface area contributed by atoms with Crippen molar-refractivity contribution >= 4 is 39.0 Å². The number of aromatic nitrogens is 3. The molecule has 2 heterocycles. The van der Waals surface area contributed by atoms with Gasteiger partial charge in [0.05, 0.1) is 17.6 Å². The maximum atomic E-state index is 11.0. The Balaban J connectivity index is 1.51. The van der Waals surface area contributed by atoms with Gasteiger partial charge < -0.3 is 23.7 Å². The number of carboxylic acid groups (broad SMARTS) is 1. The zero-order chi connectivity index (χ0) is 23.9. The molecule has 7 nitrogen and oxygen atoms in total. The van der Waals surface area contributed by atoms with E-state index in [0.717, 1.165) is 29.4 Å². The van der Waals surface area contributed by atoms with Gasteiger partial charge in [-0.05, 0) is 55.2 Å². The fraction of sp³-hybridized carbons (Fsp3) is 0.286. The molecule has 35 heavy (non-hydrogen) atoms. The molecule has 0 aliphatic heterocycles. The summed E-state index contributed by atoms with van der Waals surface area (Å²) < 4.78 is 14.8. The Morgan fingerprint density at radius 1 is 1.00 bits per heavy atom. The van der Waals surface area contributed by atoms with E-state index in [1.807, 2.05) is 6.07 Å². The van der Waals surface area contributed by atoms with E-state index >= 15 is 0 Å². The van der Waals surface area contributed by atoms with Crippen LogP contribution < -0.4 is 4.74 Å². The molecule has 0 saturated heterocycles. The van der Waals surface area contributed by atoms with E-state index in [1.54, 1.807) is 19.2 Å². The van der Waals surface area contributed by atoms with Crippen molar-refractivity contribution in [1.82, 2.24) is 14.1 Å². The number of fused-ring (bicyclic) bond motifs is 4. The van der Waals surface area contributed by atoms with E-state index in [-0.39, 0.29) is 5.75 Å². The molecule has 0 bridgehead atoms. The molecule has 178 valence electrons. The van der Waals surface area contributed by atoms with Crippen LogP contribution in [0.5, 0.6) is 5.75 Å². The lowest BCUT2D eigenvalue weighted by molar-refractivity contribution is 0.144. The highest BCUT2D eigenvalue weighted by Gasteiger charge is 2.21. The van der Waals surface area contributed by atoms with Crippen LogP contribution in [-0.4, -0.2) is 39.1 Å². The largest absolute Gasteiger partial charge is 0.511 e.